The summed E-state index contributed by atoms with van der Waals surface area (Å²) in [7, 11) is 0. The molecule has 2 N–H and O–H groups in total. The van der Waals surface area contributed by atoms with Crippen LogP contribution in [0.2, 0.25) is 0 Å². The molecule has 0 aliphatic carbocycles. The molecule has 0 fully saturated rings. The van der Waals surface area contributed by atoms with Gasteiger partial charge in [0.05, 0.1) is 18.3 Å². The summed E-state index contributed by atoms with van der Waals surface area (Å²) in [5, 5.41) is 3.99. The van der Waals surface area contributed by atoms with Crippen molar-refractivity contribution in [3.8, 4) is 0 Å². The fraction of sp³-hybridized carbons (Fsp3) is 0.167. The Hall–Kier alpha value is -3.60. The largest absolute Gasteiger partial charge is 0.361 e. The molecule has 4 aromatic rings. The van der Waals surface area contributed by atoms with Gasteiger partial charge in [0.1, 0.15) is 5.82 Å². The third-order valence-electron chi connectivity index (χ3n) is 5.46. The smallest absolute Gasteiger partial charge is 0.230 e. The summed E-state index contributed by atoms with van der Waals surface area (Å²) in [6, 6.07) is 20.4. The lowest BCUT2D eigenvalue weighted by molar-refractivity contribution is -0.115. The van der Waals surface area contributed by atoms with Crippen LogP contribution in [-0.4, -0.2) is 22.4 Å². The van der Waals surface area contributed by atoms with Crippen LogP contribution in [0, 0.1) is 0 Å². The molecule has 144 valence electrons. The molecule has 0 radical (unpaired) electrons. The Labute approximate surface area is 169 Å². The molecule has 5 nitrogen and oxygen atoms in total. The fourth-order valence-electron chi connectivity index (χ4n) is 4.06. The van der Waals surface area contributed by atoms with Crippen LogP contribution < -0.4 is 10.2 Å². The molecular formula is C24H22N4O. The van der Waals surface area contributed by atoms with Gasteiger partial charge in [-0.1, -0.05) is 36.4 Å². The maximum Gasteiger partial charge on any atom is 0.230 e. The van der Waals surface area contributed by atoms with Gasteiger partial charge in [-0.2, -0.15) is 0 Å². The highest BCUT2D eigenvalue weighted by Gasteiger charge is 2.18. The molecule has 29 heavy (non-hydrogen) atoms. The molecule has 5 heteroatoms. The number of amides is 1. The van der Waals surface area contributed by atoms with Gasteiger partial charge in [-0.25, -0.2) is 4.98 Å². The number of aromatic amines is 1. The van der Waals surface area contributed by atoms with E-state index in [1.54, 1.807) is 0 Å². The van der Waals surface area contributed by atoms with Crippen LogP contribution in [0.1, 0.15) is 17.5 Å². The third kappa shape index (κ3) is 3.47. The van der Waals surface area contributed by atoms with E-state index in [1.165, 1.54) is 11.3 Å². The van der Waals surface area contributed by atoms with E-state index in [9.17, 15) is 4.79 Å². The molecular weight excluding hydrogens is 360 g/mol. The van der Waals surface area contributed by atoms with Gasteiger partial charge in [-0.05, 0) is 48.2 Å². The number of carbonyl (C=O) groups is 1. The minimum Gasteiger partial charge on any atom is -0.361 e. The highest BCUT2D eigenvalue weighted by atomic mass is 16.1. The van der Waals surface area contributed by atoms with Gasteiger partial charge in [0.2, 0.25) is 5.91 Å². The zero-order valence-corrected chi connectivity index (χ0v) is 16.1. The first-order chi connectivity index (χ1) is 14.3. The average molecular weight is 382 g/mol. The fourth-order valence-corrected chi connectivity index (χ4v) is 4.06. The zero-order chi connectivity index (χ0) is 19.6. The molecule has 1 amide bonds. The van der Waals surface area contributed by atoms with E-state index in [2.05, 4.69) is 44.5 Å². The number of aromatic nitrogens is 2. The molecule has 0 spiro atoms. The van der Waals surface area contributed by atoms with Gasteiger partial charge >= 0.3 is 0 Å². The van der Waals surface area contributed by atoms with Crippen LogP contribution in [0.15, 0.2) is 73.1 Å². The minimum atomic E-state index is -0.0710. The van der Waals surface area contributed by atoms with E-state index < -0.39 is 0 Å². The molecule has 3 heterocycles. The predicted octanol–water partition coefficient (Wildman–Crippen LogP) is 4.83. The standard InChI is InChI=1S/C24H22N4O/c29-24(14-18-15-25-21-9-3-2-8-20(18)21)27-23-12-11-19(16-26-23)28-13-5-7-17-6-1-4-10-22(17)28/h1-4,6,8-12,15-16,25H,5,7,13-14H2,(H,26,27,29). The second-order valence-corrected chi connectivity index (χ2v) is 7.37. The van der Waals surface area contributed by atoms with Crippen molar-refractivity contribution in [2.75, 3.05) is 16.8 Å². The topological polar surface area (TPSA) is 61.0 Å². The van der Waals surface area contributed by atoms with Crippen molar-refractivity contribution in [2.24, 2.45) is 0 Å². The highest BCUT2D eigenvalue weighted by Crippen LogP contribution is 2.33. The summed E-state index contributed by atoms with van der Waals surface area (Å²) in [5.41, 5.74) is 5.69. The van der Waals surface area contributed by atoms with Crippen molar-refractivity contribution in [1.82, 2.24) is 9.97 Å². The lowest BCUT2D eigenvalue weighted by atomic mass is 10.0. The number of nitrogens with zero attached hydrogens (tertiary/aromatic N) is 2. The molecule has 0 unspecified atom stereocenters. The molecule has 2 aromatic carbocycles. The van der Waals surface area contributed by atoms with E-state index in [-0.39, 0.29) is 5.91 Å². The number of hydrogen-bond donors (Lipinski definition) is 2. The lowest BCUT2D eigenvalue weighted by Gasteiger charge is -2.31. The average Bonchev–Trinajstić information content (AvgIpc) is 3.17. The summed E-state index contributed by atoms with van der Waals surface area (Å²) in [6.45, 7) is 0.977. The van der Waals surface area contributed by atoms with E-state index in [0.717, 1.165) is 41.5 Å². The van der Waals surface area contributed by atoms with Gasteiger partial charge in [0.15, 0.2) is 0 Å². The Balaban J connectivity index is 1.29. The second kappa shape index (κ2) is 7.43. The number of anilines is 3. The third-order valence-corrected chi connectivity index (χ3v) is 5.46. The quantitative estimate of drug-likeness (QED) is 0.531. The Kier molecular flexibility index (Phi) is 4.48. The number of aryl methyl sites for hydroxylation is 1. The van der Waals surface area contributed by atoms with Gasteiger partial charge in [-0.15, -0.1) is 0 Å². The van der Waals surface area contributed by atoms with Crippen LogP contribution >= 0.6 is 0 Å². The van der Waals surface area contributed by atoms with E-state index in [0.29, 0.717) is 12.2 Å². The number of benzene rings is 2. The minimum absolute atomic E-state index is 0.0710. The molecule has 0 atom stereocenters. The van der Waals surface area contributed by atoms with Gasteiger partial charge in [0, 0.05) is 29.3 Å². The van der Waals surface area contributed by atoms with Crippen molar-refractivity contribution in [1.29, 1.82) is 0 Å². The molecule has 1 aliphatic rings. The Morgan fingerprint density at radius 2 is 1.93 bits per heavy atom. The summed E-state index contributed by atoms with van der Waals surface area (Å²) in [5.74, 6) is 0.502. The molecule has 1 aliphatic heterocycles. The summed E-state index contributed by atoms with van der Waals surface area (Å²) >= 11 is 0. The van der Waals surface area contributed by atoms with Crippen molar-refractivity contribution in [3.63, 3.8) is 0 Å². The van der Waals surface area contributed by atoms with Crippen LogP contribution in [0.25, 0.3) is 10.9 Å². The molecule has 0 bridgehead atoms. The highest BCUT2D eigenvalue weighted by molar-refractivity contribution is 5.95. The molecule has 5 rings (SSSR count). The maximum atomic E-state index is 12.5. The Morgan fingerprint density at radius 3 is 2.83 bits per heavy atom. The van der Waals surface area contributed by atoms with Crippen LogP contribution in [0.5, 0.6) is 0 Å². The maximum absolute atomic E-state index is 12.5. The van der Waals surface area contributed by atoms with E-state index in [1.807, 2.05) is 48.8 Å². The monoisotopic (exact) mass is 382 g/mol. The van der Waals surface area contributed by atoms with Gasteiger partial charge in [-0.3, -0.25) is 4.79 Å². The lowest BCUT2D eigenvalue weighted by Crippen LogP contribution is -2.24. The number of rotatable bonds is 4. The van der Waals surface area contributed by atoms with Crippen molar-refractivity contribution in [3.05, 3.63) is 84.2 Å². The normalized spacial score (nSPS) is 13.3. The Bertz CT molecular complexity index is 1160. The SMILES string of the molecule is O=C(Cc1c[nH]c2ccccc12)Nc1ccc(N2CCCc3ccccc32)cn1. The zero-order valence-electron chi connectivity index (χ0n) is 16.1. The van der Waals surface area contributed by atoms with Gasteiger partial charge in [0.25, 0.3) is 0 Å². The number of carbonyl (C=O) groups excluding carboxylic acids is 1. The first-order valence-corrected chi connectivity index (χ1v) is 9.94. The predicted molar refractivity (Wildman–Crippen MR) is 117 cm³/mol. The number of fused-ring (bicyclic) bond motifs is 2. The van der Waals surface area contributed by atoms with Crippen LogP contribution in [0.4, 0.5) is 17.2 Å². The van der Waals surface area contributed by atoms with Crippen LogP contribution in [-0.2, 0) is 17.6 Å². The van der Waals surface area contributed by atoms with E-state index in [4.69, 9.17) is 0 Å². The number of para-hydroxylation sites is 2. The summed E-state index contributed by atoms with van der Waals surface area (Å²) in [4.78, 5) is 22.5. The van der Waals surface area contributed by atoms with Crippen molar-refractivity contribution < 1.29 is 4.79 Å². The van der Waals surface area contributed by atoms with Gasteiger partial charge < -0.3 is 15.2 Å². The first kappa shape index (κ1) is 17.5. The Morgan fingerprint density at radius 1 is 1.07 bits per heavy atom. The number of pyridine rings is 1. The van der Waals surface area contributed by atoms with E-state index >= 15 is 0 Å². The number of H-pyrrole nitrogens is 1. The second-order valence-electron chi connectivity index (χ2n) is 7.37. The molecule has 2 aromatic heterocycles. The van der Waals surface area contributed by atoms with Crippen molar-refractivity contribution in [2.45, 2.75) is 19.3 Å². The molecule has 0 saturated carbocycles. The summed E-state index contributed by atoms with van der Waals surface area (Å²) < 4.78 is 0. The first-order valence-electron chi connectivity index (χ1n) is 9.94. The van der Waals surface area contributed by atoms with Crippen molar-refractivity contribution >= 4 is 34.0 Å². The number of hydrogen-bond acceptors (Lipinski definition) is 3. The number of nitrogens with one attached hydrogen (secondary N) is 2. The summed E-state index contributed by atoms with van der Waals surface area (Å²) in [6.07, 6.45) is 6.28. The van der Waals surface area contributed by atoms with Crippen LogP contribution in [0.3, 0.4) is 0 Å². The molecule has 0 saturated heterocycles.